The zero-order valence-electron chi connectivity index (χ0n) is 8.97. The first-order valence-corrected chi connectivity index (χ1v) is 5.22. The Morgan fingerprint density at radius 2 is 2.06 bits per heavy atom. The minimum atomic E-state index is -0.269. The van der Waals surface area contributed by atoms with Gasteiger partial charge in [0.2, 0.25) is 0 Å². The molecule has 0 unspecified atom stereocenters. The van der Waals surface area contributed by atoms with E-state index in [-0.39, 0.29) is 5.82 Å². The molecule has 1 aromatic carbocycles. The highest BCUT2D eigenvalue weighted by Gasteiger charge is 2.06. The van der Waals surface area contributed by atoms with Gasteiger partial charge in [-0.3, -0.25) is 4.40 Å². The fourth-order valence-electron chi connectivity index (χ4n) is 1.86. The molecule has 2 heterocycles. The van der Waals surface area contributed by atoms with Gasteiger partial charge in [-0.1, -0.05) is 12.1 Å². The number of hydrogen-bond donors (Lipinski definition) is 1. The summed E-state index contributed by atoms with van der Waals surface area (Å²) in [5.74, 6) is 0.439. The molecule has 84 valence electrons. The smallest absolute Gasteiger partial charge is 0.144 e. The lowest BCUT2D eigenvalue weighted by molar-refractivity contribution is 0.628. The second kappa shape index (κ2) is 3.59. The van der Waals surface area contributed by atoms with Crippen molar-refractivity contribution in [3.8, 4) is 11.4 Å². The fourth-order valence-corrected chi connectivity index (χ4v) is 1.86. The molecule has 0 aliphatic carbocycles. The first kappa shape index (κ1) is 9.84. The summed E-state index contributed by atoms with van der Waals surface area (Å²) in [7, 11) is 0. The van der Waals surface area contributed by atoms with Crippen LogP contribution in [0.3, 0.4) is 0 Å². The van der Waals surface area contributed by atoms with Crippen LogP contribution in [0.15, 0.2) is 48.8 Å². The summed E-state index contributed by atoms with van der Waals surface area (Å²) in [6.07, 6.45) is 3.55. The summed E-state index contributed by atoms with van der Waals surface area (Å²) in [5, 5.41) is 0. The van der Waals surface area contributed by atoms with Gasteiger partial charge in [0.05, 0.1) is 11.7 Å². The Morgan fingerprint density at radius 3 is 2.88 bits per heavy atom. The number of aromatic nitrogens is 2. The number of pyridine rings is 1. The Balaban J connectivity index is 2.24. The SMILES string of the molecule is Nc1ccn2c(-c3cccc(F)c3)ncc2c1. The molecule has 0 saturated heterocycles. The monoisotopic (exact) mass is 227 g/mol. The van der Waals surface area contributed by atoms with Crippen LogP contribution in [0.25, 0.3) is 16.9 Å². The molecule has 0 fully saturated rings. The highest BCUT2D eigenvalue weighted by atomic mass is 19.1. The van der Waals surface area contributed by atoms with E-state index < -0.39 is 0 Å². The van der Waals surface area contributed by atoms with Crippen molar-refractivity contribution in [3.05, 3.63) is 54.6 Å². The van der Waals surface area contributed by atoms with Crippen LogP contribution in [0.2, 0.25) is 0 Å². The van der Waals surface area contributed by atoms with Gasteiger partial charge in [0.1, 0.15) is 11.6 Å². The Hall–Kier alpha value is -2.36. The summed E-state index contributed by atoms with van der Waals surface area (Å²) >= 11 is 0. The zero-order chi connectivity index (χ0) is 11.8. The summed E-state index contributed by atoms with van der Waals surface area (Å²) in [5.41, 5.74) is 8.02. The van der Waals surface area contributed by atoms with E-state index in [9.17, 15) is 4.39 Å². The van der Waals surface area contributed by atoms with Gasteiger partial charge in [0, 0.05) is 17.4 Å². The van der Waals surface area contributed by atoms with E-state index >= 15 is 0 Å². The maximum absolute atomic E-state index is 13.2. The molecule has 0 bridgehead atoms. The molecule has 2 N–H and O–H groups in total. The van der Waals surface area contributed by atoms with Crippen LogP contribution < -0.4 is 5.73 Å². The molecule has 0 aliphatic heterocycles. The lowest BCUT2D eigenvalue weighted by atomic mass is 10.2. The third kappa shape index (κ3) is 1.63. The average molecular weight is 227 g/mol. The molecule has 3 nitrogen and oxygen atoms in total. The minimum Gasteiger partial charge on any atom is -0.399 e. The number of nitrogens with two attached hydrogens (primary N) is 1. The summed E-state index contributed by atoms with van der Waals surface area (Å²) in [6.45, 7) is 0. The fraction of sp³-hybridized carbons (Fsp3) is 0. The number of nitrogen functional groups attached to an aromatic ring is 1. The molecule has 2 aromatic heterocycles. The predicted molar refractivity (Wildman–Crippen MR) is 65.0 cm³/mol. The van der Waals surface area contributed by atoms with Crippen molar-refractivity contribution in [3.63, 3.8) is 0 Å². The standard InChI is InChI=1S/C13H10FN3/c14-10-3-1-2-9(6-10)13-16-8-12-7-11(15)4-5-17(12)13/h1-8H,15H2. The molecular formula is C13H10FN3. The van der Waals surface area contributed by atoms with Crippen molar-refractivity contribution in [2.75, 3.05) is 5.73 Å². The Bertz CT molecular complexity index is 688. The highest BCUT2D eigenvalue weighted by Crippen LogP contribution is 2.21. The van der Waals surface area contributed by atoms with Crippen LogP contribution >= 0.6 is 0 Å². The van der Waals surface area contributed by atoms with Gasteiger partial charge < -0.3 is 5.73 Å². The van der Waals surface area contributed by atoms with E-state index in [1.54, 1.807) is 18.3 Å². The van der Waals surface area contributed by atoms with E-state index in [0.29, 0.717) is 11.5 Å². The molecule has 4 heteroatoms. The third-order valence-corrected chi connectivity index (χ3v) is 2.64. The number of benzene rings is 1. The third-order valence-electron chi connectivity index (χ3n) is 2.64. The Labute approximate surface area is 97.3 Å². The predicted octanol–water partition coefficient (Wildman–Crippen LogP) is 2.72. The molecule has 0 amide bonds. The molecular weight excluding hydrogens is 217 g/mol. The van der Waals surface area contributed by atoms with E-state index in [1.807, 2.05) is 22.7 Å². The van der Waals surface area contributed by atoms with E-state index in [1.165, 1.54) is 12.1 Å². The number of rotatable bonds is 1. The van der Waals surface area contributed by atoms with Crippen LogP contribution in [-0.4, -0.2) is 9.38 Å². The minimum absolute atomic E-state index is 0.269. The number of nitrogens with zero attached hydrogens (tertiary/aromatic N) is 2. The van der Waals surface area contributed by atoms with Crippen LogP contribution in [-0.2, 0) is 0 Å². The Morgan fingerprint density at radius 1 is 1.18 bits per heavy atom. The van der Waals surface area contributed by atoms with Crippen molar-refractivity contribution >= 4 is 11.2 Å². The quantitative estimate of drug-likeness (QED) is 0.694. The first-order valence-electron chi connectivity index (χ1n) is 5.22. The van der Waals surface area contributed by atoms with Crippen molar-refractivity contribution in [2.24, 2.45) is 0 Å². The maximum Gasteiger partial charge on any atom is 0.144 e. The summed E-state index contributed by atoms with van der Waals surface area (Å²) in [4.78, 5) is 4.29. The van der Waals surface area contributed by atoms with Crippen molar-refractivity contribution in [1.29, 1.82) is 0 Å². The number of imidazole rings is 1. The van der Waals surface area contributed by atoms with Crippen molar-refractivity contribution in [2.45, 2.75) is 0 Å². The Kier molecular flexibility index (Phi) is 2.08. The molecule has 0 spiro atoms. The number of fused-ring (bicyclic) bond motifs is 1. The second-order valence-corrected chi connectivity index (χ2v) is 3.85. The van der Waals surface area contributed by atoms with Gasteiger partial charge in [0.15, 0.2) is 0 Å². The molecule has 0 atom stereocenters. The van der Waals surface area contributed by atoms with Crippen LogP contribution in [0.1, 0.15) is 0 Å². The number of halogens is 1. The topological polar surface area (TPSA) is 43.3 Å². The van der Waals surface area contributed by atoms with Gasteiger partial charge in [-0.05, 0) is 24.3 Å². The molecule has 17 heavy (non-hydrogen) atoms. The van der Waals surface area contributed by atoms with E-state index in [2.05, 4.69) is 4.98 Å². The van der Waals surface area contributed by atoms with Crippen molar-refractivity contribution < 1.29 is 4.39 Å². The molecule has 0 radical (unpaired) electrons. The molecule has 3 rings (SSSR count). The second-order valence-electron chi connectivity index (χ2n) is 3.85. The van der Waals surface area contributed by atoms with E-state index in [0.717, 1.165) is 11.1 Å². The normalized spacial score (nSPS) is 10.9. The molecule has 3 aromatic rings. The van der Waals surface area contributed by atoms with Crippen molar-refractivity contribution in [1.82, 2.24) is 9.38 Å². The van der Waals surface area contributed by atoms with Crippen LogP contribution in [0.4, 0.5) is 10.1 Å². The van der Waals surface area contributed by atoms with Gasteiger partial charge >= 0.3 is 0 Å². The lowest BCUT2D eigenvalue weighted by Gasteiger charge is -2.02. The largest absolute Gasteiger partial charge is 0.399 e. The summed E-state index contributed by atoms with van der Waals surface area (Å²) in [6, 6.07) is 9.99. The molecule has 0 aliphatic rings. The van der Waals surface area contributed by atoms with Crippen LogP contribution in [0, 0.1) is 5.82 Å². The lowest BCUT2D eigenvalue weighted by Crippen LogP contribution is -1.91. The number of hydrogen-bond acceptors (Lipinski definition) is 2. The van der Waals surface area contributed by atoms with Gasteiger partial charge in [-0.15, -0.1) is 0 Å². The van der Waals surface area contributed by atoms with Gasteiger partial charge in [-0.2, -0.15) is 0 Å². The van der Waals surface area contributed by atoms with Crippen LogP contribution in [0.5, 0.6) is 0 Å². The maximum atomic E-state index is 13.2. The van der Waals surface area contributed by atoms with E-state index in [4.69, 9.17) is 5.73 Å². The highest BCUT2D eigenvalue weighted by molar-refractivity contribution is 5.65. The van der Waals surface area contributed by atoms with Gasteiger partial charge in [0.25, 0.3) is 0 Å². The number of anilines is 1. The summed E-state index contributed by atoms with van der Waals surface area (Å²) < 4.78 is 15.0. The first-order chi connectivity index (χ1) is 8.24. The molecule has 0 saturated carbocycles. The zero-order valence-corrected chi connectivity index (χ0v) is 8.97. The van der Waals surface area contributed by atoms with Gasteiger partial charge in [-0.25, -0.2) is 9.37 Å². The average Bonchev–Trinajstić information content (AvgIpc) is 2.71.